The first-order valence-electron chi connectivity index (χ1n) is 4.16. The van der Waals surface area contributed by atoms with E-state index in [0.717, 1.165) is 11.1 Å². The Bertz CT molecular complexity index is 486. The van der Waals surface area contributed by atoms with E-state index in [-0.39, 0.29) is 0 Å². The fourth-order valence-electron chi connectivity index (χ4n) is 1.15. The normalized spacial score (nSPS) is 9.47. The number of aryl methyl sites for hydroxylation is 1. The highest BCUT2D eigenvalue weighted by atomic mass is 32.2. The number of ether oxygens (including phenoxy) is 1. The van der Waals surface area contributed by atoms with Crippen molar-refractivity contribution in [1.29, 1.82) is 0 Å². The van der Waals surface area contributed by atoms with Crippen molar-refractivity contribution in [2.75, 3.05) is 18.2 Å². The van der Waals surface area contributed by atoms with Gasteiger partial charge >= 0.3 is 0 Å². The van der Waals surface area contributed by atoms with E-state index in [2.05, 4.69) is 5.32 Å². The van der Waals surface area contributed by atoms with Gasteiger partial charge in [-0.1, -0.05) is 0 Å². The quantitative estimate of drug-likeness (QED) is 0.586. The third-order valence-electron chi connectivity index (χ3n) is 1.89. The number of nitrogens with one attached hydrogen (secondary N) is 1. The summed E-state index contributed by atoms with van der Waals surface area (Å²) >= 11 is 0. The zero-order valence-electron chi connectivity index (χ0n) is 8.44. The van der Waals surface area contributed by atoms with Crippen LogP contribution in [0.25, 0.3) is 0 Å². The van der Waals surface area contributed by atoms with Crippen molar-refractivity contribution in [1.82, 2.24) is 0 Å². The van der Waals surface area contributed by atoms with Crippen LogP contribution in [0.15, 0.2) is 12.1 Å². The average molecular weight is 228 g/mol. The summed E-state index contributed by atoms with van der Waals surface area (Å²) in [6, 6.07) is 3.36. The highest BCUT2D eigenvalue weighted by Gasteiger charge is 2.04. The summed E-state index contributed by atoms with van der Waals surface area (Å²) in [5.41, 5.74) is 8.63. The predicted molar refractivity (Wildman–Crippen MR) is 60.7 cm³/mol. The Labute approximate surface area is 89.4 Å². The van der Waals surface area contributed by atoms with Crippen molar-refractivity contribution < 1.29 is 13.2 Å². The van der Waals surface area contributed by atoms with Crippen LogP contribution in [0.4, 0.5) is 11.4 Å². The minimum atomic E-state index is -2.25. The van der Waals surface area contributed by atoms with E-state index < -0.39 is 10.3 Å². The minimum absolute atomic E-state index is 0.508. The summed E-state index contributed by atoms with van der Waals surface area (Å²) in [7, 11) is -0.746. The molecule has 0 radical (unpaired) electrons. The summed E-state index contributed by atoms with van der Waals surface area (Å²) in [4.78, 5) is 0. The summed E-state index contributed by atoms with van der Waals surface area (Å²) in [6.45, 7) is 1.82. The van der Waals surface area contributed by atoms with Crippen LogP contribution < -0.4 is 15.8 Å². The first-order valence-corrected chi connectivity index (χ1v) is 5.30. The molecule has 82 valence electrons. The van der Waals surface area contributed by atoms with Crippen molar-refractivity contribution in [3.8, 4) is 5.75 Å². The molecule has 3 N–H and O–H groups in total. The van der Waals surface area contributed by atoms with Gasteiger partial charge in [-0.25, -0.2) is 0 Å². The molecule has 0 saturated heterocycles. The molecule has 0 fully saturated rings. The van der Waals surface area contributed by atoms with Crippen molar-refractivity contribution in [3.63, 3.8) is 0 Å². The lowest BCUT2D eigenvalue weighted by Crippen LogP contribution is -2.00. The molecule has 0 atom stereocenters. The van der Waals surface area contributed by atoms with Crippen LogP contribution in [0, 0.1) is 6.92 Å². The Morgan fingerprint density at radius 2 is 2.13 bits per heavy atom. The molecule has 6 heteroatoms. The second kappa shape index (κ2) is 4.70. The number of anilines is 2. The number of nitrogen functional groups attached to an aromatic ring is 1. The second-order valence-electron chi connectivity index (χ2n) is 2.93. The number of benzene rings is 1. The lowest BCUT2D eigenvalue weighted by atomic mass is 10.1. The molecule has 0 aliphatic rings. The van der Waals surface area contributed by atoms with E-state index in [1.807, 2.05) is 6.92 Å². The molecule has 5 nitrogen and oxygen atoms in total. The maximum atomic E-state index is 10.3. The van der Waals surface area contributed by atoms with Crippen LogP contribution in [0.1, 0.15) is 5.56 Å². The van der Waals surface area contributed by atoms with E-state index in [1.165, 1.54) is 7.11 Å². The molecule has 0 saturated carbocycles. The molecule has 15 heavy (non-hydrogen) atoms. The number of methoxy groups -OCH3 is 1. The lowest BCUT2D eigenvalue weighted by molar-refractivity contribution is 0.417. The van der Waals surface area contributed by atoms with Crippen molar-refractivity contribution in [3.05, 3.63) is 17.7 Å². The first kappa shape index (κ1) is 11.4. The van der Waals surface area contributed by atoms with Gasteiger partial charge in [0.1, 0.15) is 11.2 Å². The average Bonchev–Trinajstić information content (AvgIpc) is 2.16. The molecule has 1 rings (SSSR count). The lowest BCUT2D eigenvalue weighted by Gasteiger charge is -2.09. The topological polar surface area (TPSA) is 81.4 Å². The molecule has 0 bridgehead atoms. The van der Waals surface area contributed by atoms with Gasteiger partial charge in [0.05, 0.1) is 12.8 Å². The van der Waals surface area contributed by atoms with Gasteiger partial charge < -0.3 is 15.8 Å². The van der Waals surface area contributed by atoms with Gasteiger partial charge in [0.25, 0.3) is 0 Å². The summed E-state index contributed by atoms with van der Waals surface area (Å²) in [5, 5.41) is 2.64. The van der Waals surface area contributed by atoms with Crippen LogP contribution >= 0.6 is 0 Å². The van der Waals surface area contributed by atoms with Crippen molar-refractivity contribution >= 4 is 27.2 Å². The van der Waals surface area contributed by atoms with Gasteiger partial charge in [0, 0.05) is 11.8 Å². The van der Waals surface area contributed by atoms with E-state index in [0.29, 0.717) is 17.1 Å². The van der Waals surface area contributed by atoms with Crippen molar-refractivity contribution in [2.45, 2.75) is 6.92 Å². The molecule has 0 heterocycles. The molecule has 1 aromatic carbocycles. The van der Waals surface area contributed by atoms with Crippen molar-refractivity contribution in [2.24, 2.45) is 0 Å². The predicted octanol–water partition coefficient (Wildman–Crippen LogP) is 0.637. The Morgan fingerprint density at radius 3 is 2.67 bits per heavy atom. The maximum absolute atomic E-state index is 10.3. The summed E-state index contributed by atoms with van der Waals surface area (Å²) < 4.78 is 25.7. The van der Waals surface area contributed by atoms with Gasteiger partial charge in [-0.2, -0.15) is 8.42 Å². The number of rotatable bonds is 3. The van der Waals surface area contributed by atoms with E-state index >= 15 is 0 Å². The maximum Gasteiger partial charge on any atom is 0.230 e. The second-order valence-corrected chi connectivity index (χ2v) is 3.69. The molecule has 0 aliphatic carbocycles. The zero-order chi connectivity index (χ0) is 11.4. The third-order valence-corrected chi connectivity index (χ3v) is 2.20. The fraction of sp³-hybridized carbons (Fsp3) is 0.222. The number of hydrogen-bond acceptors (Lipinski definition) is 4. The molecule has 0 aromatic heterocycles. The number of nitrogens with two attached hydrogens (primary N) is 1. The molecule has 0 amide bonds. The van der Waals surface area contributed by atoms with Gasteiger partial charge in [-0.05, 0) is 18.6 Å². The zero-order valence-corrected chi connectivity index (χ0v) is 9.26. The van der Waals surface area contributed by atoms with Gasteiger partial charge in [0.15, 0.2) is 0 Å². The van der Waals surface area contributed by atoms with Gasteiger partial charge in [-0.15, -0.1) is 0 Å². The Morgan fingerprint density at radius 1 is 1.47 bits per heavy atom. The molecule has 0 spiro atoms. The summed E-state index contributed by atoms with van der Waals surface area (Å²) in [6.07, 6.45) is 0. The Hall–Kier alpha value is -1.69. The van der Waals surface area contributed by atoms with Crippen LogP contribution in [0.5, 0.6) is 5.75 Å². The smallest absolute Gasteiger partial charge is 0.230 e. The molecular formula is C9H12N2O3S. The van der Waals surface area contributed by atoms with Gasteiger partial charge in [0.2, 0.25) is 10.3 Å². The first-order chi connectivity index (χ1) is 7.04. The number of hydrogen-bond donors (Lipinski definition) is 2. The van der Waals surface area contributed by atoms with E-state index in [4.69, 9.17) is 10.5 Å². The minimum Gasteiger partial charge on any atom is -0.495 e. The van der Waals surface area contributed by atoms with Crippen LogP contribution in [0.3, 0.4) is 0 Å². The molecular weight excluding hydrogens is 216 g/mol. The Balaban J connectivity index is 3.13. The molecule has 0 unspecified atom stereocenters. The largest absolute Gasteiger partial charge is 0.495 e. The highest BCUT2D eigenvalue weighted by Crippen LogP contribution is 2.28. The SMILES string of the molecule is COc1cc(NC=S(=O)=O)c(C)cc1N. The van der Waals surface area contributed by atoms with E-state index in [1.54, 1.807) is 12.1 Å². The van der Waals surface area contributed by atoms with Crippen LogP contribution in [-0.2, 0) is 10.3 Å². The van der Waals surface area contributed by atoms with Crippen LogP contribution in [-0.4, -0.2) is 21.0 Å². The van der Waals surface area contributed by atoms with E-state index in [9.17, 15) is 8.42 Å². The summed E-state index contributed by atoms with van der Waals surface area (Å²) in [5.74, 6) is 0.508. The highest BCUT2D eigenvalue weighted by molar-refractivity contribution is 7.71. The monoisotopic (exact) mass is 228 g/mol. The third kappa shape index (κ3) is 2.88. The Kier molecular flexibility index (Phi) is 3.56. The van der Waals surface area contributed by atoms with Gasteiger partial charge in [-0.3, -0.25) is 0 Å². The standard InChI is InChI=1S/C9H12N2O3S/c1-6-3-7(10)9(14-2)4-8(6)11-5-15(12)13/h3-5,11H,10H2,1-2H3. The molecule has 0 aliphatic heterocycles. The molecule has 1 aromatic rings. The fourth-order valence-corrected chi connectivity index (χ4v) is 1.38. The van der Waals surface area contributed by atoms with Crippen LogP contribution in [0.2, 0.25) is 0 Å².